The van der Waals surface area contributed by atoms with Crippen molar-refractivity contribution in [3.8, 4) is 0 Å². The highest BCUT2D eigenvalue weighted by molar-refractivity contribution is 7.89. The molecule has 0 radical (unpaired) electrons. The van der Waals surface area contributed by atoms with Crippen LogP contribution >= 0.6 is 0 Å². The summed E-state index contributed by atoms with van der Waals surface area (Å²) in [5.74, 6) is 0.188. The summed E-state index contributed by atoms with van der Waals surface area (Å²) in [5, 5.41) is 8.99. The van der Waals surface area contributed by atoms with Gasteiger partial charge in [-0.25, -0.2) is 8.42 Å². The van der Waals surface area contributed by atoms with E-state index in [1.165, 1.54) is 4.31 Å². The lowest BCUT2D eigenvalue weighted by Gasteiger charge is -2.36. The molecule has 0 saturated heterocycles. The molecule has 5 heteroatoms. The van der Waals surface area contributed by atoms with Crippen LogP contribution in [-0.2, 0) is 10.0 Å². The van der Waals surface area contributed by atoms with Gasteiger partial charge in [-0.1, -0.05) is 27.2 Å². The molecule has 102 valence electrons. The molecule has 1 saturated carbocycles. The van der Waals surface area contributed by atoms with Crippen LogP contribution in [0.3, 0.4) is 0 Å². The van der Waals surface area contributed by atoms with Crippen LogP contribution < -0.4 is 0 Å². The van der Waals surface area contributed by atoms with Crippen LogP contribution in [0.1, 0.15) is 46.5 Å². The molecule has 0 aromatic heterocycles. The number of hydrogen-bond acceptors (Lipinski definition) is 3. The van der Waals surface area contributed by atoms with Crippen molar-refractivity contribution in [1.29, 1.82) is 0 Å². The van der Waals surface area contributed by atoms with Crippen LogP contribution in [0, 0.1) is 5.41 Å². The molecule has 0 aromatic carbocycles. The molecular weight excluding hydrogens is 238 g/mol. The molecule has 17 heavy (non-hydrogen) atoms. The van der Waals surface area contributed by atoms with Gasteiger partial charge in [-0.3, -0.25) is 0 Å². The number of nitrogens with zero attached hydrogens (tertiary/aromatic N) is 1. The molecule has 0 amide bonds. The molecule has 1 N–H and O–H groups in total. The molecule has 0 atom stereocenters. The topological polar surface area (TPSA) is 57.6 Å². The summed E-state index contributed by atoms with van der Waals surface area (Å²) >= 11 is 0. The Morgan fingerprint density at radius 1 is 1.29 bits per heavy atom. The van der Waals surface area contributed by atoms with Gasteiger partial charge < -0.3 is 5.11 Å². The van der Waals surface area contributed by atoms with E-state index in [0.717, 1.165) is 19.3 Å². The van der Waals surface area contributed by atoms with E-state index in [2.05, 4.69) is 0 Å². The SMILES string of the molecule is CC(C)(C)CCS(=O)(=O)N(CCO)C1CCC1. The quantitative estimate of drug-likeness (QED) is 0.792. The smallest absolute Gasteiger partial charge is 0.214 e. The summed E-state index contributed by atoms with van der Waals surface area (Å²) in [4.78, 5) is 0. The summed E-state index contributed by atoms with van der Waals surface area (Å²) in [6.45, 7) is 6.29. The van der Waals surface area contributed by atoms with Crippen molar-refractivity contribution in [3.63, 3.8) is 0 Å². The van der Waals surface area contributed by atoms with Gasteiger partial charge in [0, 0.05) is 12.6 Å². The minimum atomic E-state index is -3.20. The van der Waals surface area contributed by atoms with Crippen LogP contribution in [-0.4, -0.2) is 42.8 Å². The average molecular weight is 263 g/mol. The molecule has 4 nitrogen and oxygen atoms in total. The van der Waals surface area contributed by atoms with Gasteiger partial charge in [0.05, 0.1) is 12.4 Å². The Kier molecular flexibility index (Phi) is 4.98. The number of sulfonamides is 1. The van der Waals surface area contributed by atoms with Gasteiger partial charge in [0.15, 0.2) is 0 Å². The largest absolute Gasteiger partial charge is 0.395 e. The second-order valence-corrected chi connectivity index (χ2v) is 8.09. The number of aliphatic hydroxyl groups is 1. The van der Waals surface area contributed by atoms with Crippen molar-refractivity contribution in [3.05, 3.63) is 0 Å². The van der Waals surface area contributed by atoms with E-state index in [0.29, 0.717) is 6.42 Å². The maximum atomic E-state index is 12.2. The summed E-state index contributed by atoms with van der Waals surface area (Å²) < 4.78 is 25.9. The molecule has 0 unspecified atom stereocenters. The standard InChI is InChI=1S/C12H25NO3S/c1-12(2,3)7-10-17(15,16)13(8-9-14)11-5-4-6-11/h11,14H,4-10H2,1-3H3. The molecule has 0 aromatic rings. The van der Waals surface area contributed by atoms with E-state index >= 15 is 0 Å². The summed E-state index contributed by atoms with van der Waals surface area (Å²) in [6, 6.07) is 0.132. The van der Waals surface area contributed by atoms with Gasteiger partial charge in [0.1, 0.15) is 0 Å². The Morgan fingerprint density at radius 3 is 2.24 bits per heavy atom. The molecule has 1 fully saturated rings. The van der Waals surface area contributed by atoms with E-state index in [-0.39, 0.29) is 30.4 Å². The second-order valence-electron chi connectivity index (χ2n) is 6.05. The fourth-order valence-electron chi connectivity index (χ4n) is 1.87. The summed E-state index contributed by atoms with van der Waals surface area (Å²) in [6.07, 6.45) is 3.63. The van der Waals surface area contributed by atoms with Crippen molar-refractivity contribution < 1.29 is 13.5 Å². The van der Waals surface area contributed by atoms with E-state index in [4.69, 9.17) is 5.11 Å². The lowest BCUT2D eigenvalue weighted by atomic mass is 9.93. The van der Waals surface area contributed by atoms with E-state index < -0.39 is 10.0 Å². The Bertz CT molecular complexity index is 328. The molecule has 0 spiro atoms. The highest BCUT2D eigenvalue weighted by Gasteiger charge is 2.33. The first kappa shape index (κ1) is 14.9. The minimum Gasteiger partial charge on any atom is -0.395 e. The zero-order valence-corrected chi connectivity index (χ0v) is 12.0. The van der Waals surface area contributed by atoms with E-state index in [9.17, 15) is 8.42 Å². The summed E-state index contributed by atoms with van der Waals surface area (Å²) in [5.41, 5.74) is 0.0254. The van der Waals surface area contributed by atoms with Gasteiger partial charge in [-0.05, 0) is 24.7 Å². The maximum absolute atomic E-state index is 12.2. The predicted octanol–water partition coefficient (Wildman–Crippen LogP) is 1.60. The van der Waals surface area contributed by atoms with Crippen molar-refractivity contribution >= 4 is 10.0 Å². The third kappa shape index (κ3) is 4.56. The Labute approximate surface area is 105 Å². The van der Waals surface area contributed by atoms with Crippen LogP contribution in [0.25, 0.3) is 0 Å². The fourth-order valence-corrected chi connectivity index (χ4v) is 4.00. The first-order valence-electron chi connectivity index (χ1n) is 6.37. The Morgan fingerprint density at radius 2 is 1.88 bits per heavy atom. The van der Waals surface area contributed by atoms with Gasteiger partial charge in [-0.15, -0.1) is 0 Å². The Hall–Kier alpha value is -0.130. The monoisotopic (exact) mass is 263 g/mol. The first-order valence-corrected chi connectivity index (χ1v) is 7.97. The molecule has 1 aliphatic carbocycles. The van der Waals surface area contributed by atoms with Crippen LogP contribution in [0.5, 0.6) is 0 Å². The maximum Gasteiger partial charge on any atom is 0.214 e. The van der Waals surface area contributed by atoms with Crippen molar-refractivity contribution in [2.45, 2.75) is 52.5 Å². The van der Waals surface area contributed by atoms with E-state index in [1.54, 1.807) is 0 Å². The lowest BCUT2D eigenvalue weighted by Crippen LogP contribution is -2.46. The zero-order chi connectivity index (χ0) is 13.1. The normalized spacial score (nSPS) is 18.4. The molecule has 0 aliphatic heterocycles. The summed E-state index contributed by atoms with van der Waals surface area (Å²) in [7, 11) is -3.20. The molecular formula is C12H25NO3S. The predicted molar refractivity (Wildman–Crippen MR) is 69.3 cm³/mol. The Balaban J connectivity index is 2.63. The van der Waals surface area contributed by atoms with Crippen molar-refractivity contribution in [2.24, 2.45) is 5.41 Å². The number of aliphatic hydroxyl groups excluding tert-OH is 1. The third-order valence-corrected chi connectivity index (χ3v) is 5.19. The lowest BCUT2D eigenvalue weighted by molar-refractivity contribution is 0.177. The average Bonchev–Trinajstić information content (AvgIpc) is 2.10. The van der Waals surface area contributed by atoms with Gasteiger partial charge in [0.25, 0.3) is 0 Å². The van der Waals surface area contributed by atoms with Gasteiger partial charge >= 0.3 is 0 Å². The highest BCUT2D eigenvalue weighted by atomic mass is 32.2. The van der Waals surface area contributed by atoms with Crippen molar-refractivity contribution in [2.75, 3.05) is 18.9 Å². The molecule has 1 rings (SSSR count). The van der Waals surface area contributed by atoms with Crippen LogP contribution in [0.4, 0.5) is 0 Å². The highest BCUT2D eigenvalue weighted by Crippen LogP contribution is 2.28. The molecule has 0 heterocycles. The van der Waals surface area contributed by atoms with E-state index in [1.807, 2.05) is 20.8 Å². The van der Waals surface area contributed by atoms with Gasteiger partial charge in [-0.2, -0.15) is 4.31 Å². The zero-order valence-electron chi connectivity index (χ0n) is 11.1. The number of rotatable bonds is 6. The molecule has 0 bridgehead atoms. The fraction of sp³-hybridized carbons (Fsp3) is 1.00. The second kappa shape index (κ2) is 5.67. The minimum absolute atomic E-state index is 0.0254. The van der Waals surface area contributed by atoms with Crippen LogP contribution in [0.2, 0.25) is 0 Å². The van der Waals surface area contributed by atoms with Crippen molar-refractivity contribution in [1.82, 2.24) is 4.31 Å². The number of hydrogen-bond donors (Lipinski definition) is 1. The third-order valence-electron chi connectivity index (χ3n) is 3.27. The van der Waals surface area contributed by atoms with Gasteiger partial charge in [0.2, 0.25) is 10.0 Å². The first-order chi connectivity index (χ1) is 7.76. The molecule has 1 aliphatic rings. The van der Waals surface area contributed by atoms with Crippen LogP contribution in [0.15, 0.2) is 0 Å².